The van der Waals surface area contributed by atoms with Crippen LogP contribution in [0.2, 0.25) is 0 Å². The van der Waals surface area contributed by atoms with Crippen molar-refractivity contribution in [2.45, 2.75) is 39.3 Å². The van der Waals surface area contributed by atoms with E-state index in [1.54, 1.807) is 40.5 Å². The highest BCUT2D eigenvalue weighted by Crippen LogP contribution is 2.26. The minimum Gasteiger partial charge on any atom is -0.494 e. The van der Waals surface area contributed by atoms with Gasteiger partial charge in [-0.3, -0.25) is 4.79 Å². The van der Waals surface area contributed by atoms with Crippen molar-refractivity contribution in [2.24, 2.45) is 0 Å². The molecular formula is C20H25NO4S2. The first-order valence-electron chi connectivity index (χ1n) is 9.17. The maximum atomic E-state index is 13.2. The molecule has 1 aliphatic rings. The quantitative estimate of drug-likeness (QED) is 0.702. The topological polar surface area (TPSA) is 63.7 Å². The summed E-state index contributed by atoms with van der Waals surface area (Å²) in [5, 5.41) is 2.00. The molecule has 146 valence electrons. The molecule has 3 rings (SSSR count). The van der Waals surface area contributed by atoms with Crippen molar-refractivity contribution in [3.05, 3.63) is 51.7 Å². The summed E-state index contributed by atoms with van der Waals surface area (Å²) in [7, 11) is -3.07. The van der Waals surface area contributed by atoms with E-state index in [2.05, 4.69) is 0 Å². The average molecular weight is 408 g/mol. The lowest BCUT2D eigenvalue weighted by Crippen LogP contribution is -2.40. The lowest BCUT2D eigenvalue weighted by Gasteiger charge is -2.28. The van der Waals surface area contributed by atoms with Crippen molar-refractivity contribution < 1.29 is 17.9 Å². The third-order valence-electron chi connectivity index (χ3n) is 4.77. The Bertz CT molecular complexity index is 887. The number of hydrogen-bond donors (Lipinski definition) is 0. The van der Waals surface area contributed by atoms with Gasteiger partial charge in [-0.15, -0.1) is 11.3 Å². The molecule has 1 aliphatic heterocycles. The molecule has 1 aromatic heterocycles. The first kappa shape index (κ1) is 19.9. The van der Waals surface area contributed by atoms with Gasteiger partial charge in [0.15, 0.2) is 9.84 Å². The van der Waals surface area contributed by atoms with Gasteiger partial charge in [-0.05, 0) is 61.0 Å². The summed E-state index contributed by atoms with van der Waals surface area (Å²) in [5.41, 5.74) is 1.68. The second-order valence-electron chi connectivity index (χ2n) is 6.89. The van der Waals surface area contributed by atoms with Gasteiger partial charge >= 0.3 is 0 Å². The van der Waals surface area contributed by atoms with Crippen LogP contribution in [-0.2, 0) is 16.4 Å². The van der Waals surface area contributed by atoms with Crippen molar-refractivity contribution in [1.29, 1.82) is 0 Å². The second kappa shape index (κ2) is 8.44. The van der Waals surface area contributed by atoms with Crippen LogP contribution in [0.1, 0.15) is 40.6 Å². The largest absolute Gasteiger partial charge is 0.494 e. The van der Waals surface area contributed by atoms with Crippen LogP contribution in [0.3, 0.4) is 0 Å². The maximum Gasteiger partial charge on any atom is 0.254 e. The molecule has 2 heterocycles. The molecule has 0 aliphatic carbocycles. The molecule has 0 saturated carbocycles. The lowest BCUT2D eigenvalue weighted by molar-refractivity contribution is 0.0683. The molecule has 1 saturated heterocycles. The number of hydrogen-bond acceptors (Lipinski definition) is 5. The standard InChI is InChI=1S/C20H25NO4S2/c1-3-10-25-18-6-4-16(5-7-18)20(22)21(13-19-15(2)8-11-26-19)17-9-12-27(23,24)14-17/h4-8,11,17H,3,9-10,12-14H2,1-2H3. The van der Waals surface area contributed by atoms with E-state index < -0.39 is 9.84 Å². The summed E-state index contributed by atoms with van der Waals surface area (Å²) in [5.74, 6) is 0.791. The Morgan fingerprint density at radius 3 is 2.56 bits per heavy atom. The molecule has 27 heavy (non-hydrogen) atoms. The first-order valence-corrected chi connectivity index (χ1v) is 11.9. The number of rotatable bonds is 7. The van der Waals surface area contributed by atoms with E-state index in [1.807, 2.05) is 25.3 Å². The molecule has 1 atom stereocenters. The van der Waals surface area contributed by atoms with E-state index in [-0.39, 0.29) is 23.5 Å². The molecule has 7 heteroatoms. The van der Waals surface area contributed by atoms with Crippen LogP contribution in [0.4, 0.5) is 0 Å². The highest BCUT2D eigenvalue weighted by molar-refractivity contribution is 7.91. The number of sulfone groups is 1. The van der Waals surface area contributed by atoms with Crippen LogP contribution >= 0.6 is 11.3 Å². The summed E-state index contributed by atoms with van der Waals surface area (Å²) >= 11 is 1.60. The van der Waals surface area contributed by atoms with Crippen molar-refractivity contribution in [3.63, 3.8) is 0 Å². The smallest absolute Gasteiger partial charge is 0.254 e. The molecular weight excluding hydrogens is 382 g/mol. The number of carbonyl (C=O) groups is 1. The van der Waals surface area contributed by atoms with Gasteiger partial charge in [0.1, 0.15) is 5.75 Å². The summed E-state index contributed by atoms with van der Waals surface area (Å²) in [4.78, 5) is 16.0. The Kier molecular flexibility index (Phi) is 6.22. The number of nitrogens with zero attached hydrogens (tertiary/aromatic N) is 1. The third-order valence-corrected chi connectivity index (χ3v) is 7.52. The average Bonchev–Trinajstić information content (AvgIpc) is 3.22. The van der Waals surface area contributed by atoms with E-state index in [9.17, 15) is 13.2 Å². The van der Waals surface area contributed by atoms with Gasteiger partial charge in [-0.2, -0.15) is 0 Å². The molecule has 1 unspecified atom stereocenters. The fraction of sp³-hybridized carbons (Fsp3) is 0.450. The monoisotopic (exact) mass is 407 g/mol. The number of benzene rings is 1. The summed E-state index contributed by atoms with van der Waals surface area (Å²) in [6.45, 7) is 5.13. The van der Waals surface area contributed by atoms with E-state index >= 15 is 0 Å². The van der Waals surface area contributed by atoms with Gasteiger partial charge in [0.25, 0.3) is 5.91 Å². The predicted octanol–water partition coefficient (Wildman–Crippen LogP) is 3.67. The molecule has 1 aromatic carbocycles. The van der Waals surface area contributed by atoms with Crippen LogP contribution in [-0.4, -0.2) is 43.4 Å². The van der Waals surface area contributed by atoms with E-state index in [4.69, 9.17) is 4.74 Å². The van der Waals surface area contributed by atoms with Crippen LogP contribution in [0.5, 0.6) is 5.75 Å². The van der Waals surface area contributed by atoms with Crippen LogP contribution in [0, 0.1) is 6.92 Å². The molecule has 1 fully saturated rings. The van der Waals surface area contributed by atoms with Crippen LogP contribution in [0.25, 0.3) is 0 Å². The highest BCUT2D eigenvalue weighted by Gasteiger charge is 2.35. The lowest BCUT2D eigenvalue weighted by atomic mass is 10.1. The van der Waals surface area contributed by atoms with Gasteiger partial charge in [0.2, 0.25) is 0 Å². The summed E-state index contributed by atoms with van der Waals surface area (Å²) in [6, 6.07) is 8.84. The molecule has 5 nitrogen and oxygen atoms in total. The minimum atomic E-state index is -3.07. The molecule has 0 spiro atoms. The SMILES string of the molecule is CCCOc1ccc(C(=O)N(Cc2sccc2C)C2CCS(=O)(=O)C2)cc1. The fourth-order valence-corrected chi connectivity index (χ4v) is 5.82. The summed E-state index contributed by atoms with van der Waals surface area (Å²) < 4.78 is 29.5. The van der Waals surface area contributed by atoms with Crippen molar-refractivity contribution in [3.8, 4) is 5.75 Å². The zero-order valence-electron chi connectivity index (χ0n) is 15.7. The number of thiophene rings is 1. The zero-order chi connectivity index (χ0) is 19.4. The normalized spacial score (nSPS) is 18.4. The van der Waals surface area contributed by atoms with Crippen molar-refractivity contribution >= 4 is 27.1 Å². The highest BCUT2D eigenvalue weighted by atomic mass is 32.2. The number of aryl methyl sites for hydroxylation is 1. The fourth-order valence-electron chi connectivity index (χ4n) is 3.19. The Hall–Kier alpha value is -1.86. The maximum absolute atomic E-state index is 13.2. The van der Waals surface area contributed by atoms with Crippen LogP contribution in [0.15, 0.2) is 35.7 Å². The number of ether oxygens (including phenoxy) is 1. The Morgan fingerprint density at radius 2 is 2.00 bits per heavy atom. The van der Waals surface area contributed by atoms with Crippen molar-refractivity contribution in [2.75, 3.05) is 18.1 Å². The molecule has 0 N–H and O–H groups in total. The second-order valence-corrected chi connectivity index (χ2v) is 10.1. The van der Waals surface area contributed by atoms with Gasteiger partial charge in [-0.25, -0.2) is 8.42 Å². The Labute approximate surface area is 164 Å². The van der Waals surface area contributed by atoms with Gasteiger partial charge in [0.05, 0.1) is 24.7 Å². The molecule has 0 radical (unpaired) electrons. The summed E-state index contributed by atoms with van der Waals surface area (Å²) in [6.07, 6.45) is 1.42. The third kappa shape index (κ3) is 4.90. The molecule has 1 amide bonds. The van der Waals surface area contributed by atoms with E-state index in [0.717, 1.165) is 22.6 Å². The minimum absolute atomic E-state index is 0.0425. The number of carbonyl (C=O) groups excluding carboxylic acids is 1. The Balaban J connectivity index is 1.83. The molecule has 0 bridgehead atoms. The molecule has 2 aromatic rings. The first-order chi connectivity index (χ1) is 12.9. The van der Waals surface area contributed by atoms with Gasteiger partial charge < -0.3 is 9.64 Å². The van der Waals surface area contributed by atoms with E-state index in [1.165, 1.54) is 0 Å². The van der Waals surface area contributed by atoms with Crippen LogP contribution < -0.4 is 4.74 Å². The van der Waals surface area contributed by atoms with Gasteiger partial charge in [0, 0.05) is 16.5 Å². The zero-order valence-corrected chi connectivity index (χ0v) is 17.3. The van der Waals surface area contributed by atoms with E-state index in [0.29, 0.717) is 25.1 Å². The predicted molar refractivity (Wildman–Crippen MR) is 108 cm³/mol. The van der Waals surface area contributed by atoms with Crippen molar-refractivity contribution in [1.82, 2.24) is 4.90 Å². The van der Waals surface area contributed by atoms with Gasteiger partial charge in [-0.1, -0.05) is 6.92 Å². The Morgan fingerprint density at radius 1 is 1.26 bits per heavy atom. The number of amides is 1.